The van der Waals surface area contributed by atoms with Crippen LogP contribution in [0.4, 0.5) is 4.39 Å². The van der Waals surface area contributed by atoms with Gasteiger partial charge in [0.1, 0.15) is 5.82 Å². The molecule has 0 aliphatic carbocycles. The van der Waals surface area contributed by atoms with E-state index in [9.17, 15) is 9.18 Å². The van der Waals surface area contributed by atoms with E-state index in [0.29, 0.717) is 5.71 Å². The van der Waals surface area contributed by atoms with Gasteiger partial charge in [-0.05, 0) is 45.2 Å². The maximum atomic E-state index is 14.0. The average Bonchev–Trinajstić information content (AvgIpc) is 2.96. The first kappa shape index (κ1) is 16.2. The Bertz CT molecular complexity index is 619. The molecular weight excluding hydrogens is 319 g/mol. The molecule has 0 N–H and O–H groups in total. The standard InChI is InChI=1S/C17H20ClFN2O2/c1-10-5-3-6-11(2)21(10)17(22)15-9-14(20-23-15)16-12(18)7-4-8-13(16)19/h4,7-8,10-11,15H,3,5-6,9H2,1-2H3/t10-,11+,15-/m1/s1. The number of carbonyl (C=O) groups excluding carboxylic acids is 1. The maximum absolute atomic E-state index is 14.0. The van der Waals surface area contributed by atoms with Crippen molar-refractivity contribution < 1.29 is 14.0 Å². The quantitative estimate of drug-likeness (QED) is 0.824. The first-order valence-corrected chi connectivity index (χ1v) is 8.36. The number of rotatable bonds is 2. The van der Waals surface area contributed by atoms with Crippen molar-refractivity contribution >= 4 is 23.2 Å². The van der Waals surface area contributed by atoms with Crippen LogP contribution in [0.25, 0.3) is 0 Å². The molecule has 3 atom stereocenters. The highest BCUT2D eigenvalue weighted by Gasteiger charge is 2.38. The highest BCUT2D eigenvalue weighted by molar-refractivity contribution is 6.34. The third kappa shape index (κ3) is 3.07. The third-order valence-electron chi connectivity index (χ3n) is 4.64. The van der Waals surface area contributed by atoms with Crippen molar-refractivity contribution in [2.45, 2.75) is 57.7 Å². The van der Waals surface area contributed by atoms with Crippen LogP contribution in [0.2, 0.25) is 5.02 Å². The summed E-state index contributed by atoms with van der Waals surface area (Å²) in [6.07, 6.45) is 2.67. The number of nitrogens with zero attached hydrogens (tertiary/aromatic N) is 2. The molecular formula is C17H20ClFN2O2. The molecule has 3 rings (SSSR count). The van der Waals surface area contributed by atoms with E-state index < -0.39 is 11.9 Å². The van der Waals surface area contributed by atoms with Crippen LogP contribution in [0.15, 0.2) is 23.4 Å². The Labute approximate surface area is 140 Å². The van der Waals surface area contributed by atoms with Crippen molar-refractivity contribution in [1.82, 2.24) is 4.90 Å². The molecule has 0 bridgehead atoms. The van der Waals surface area contributed by atoms with Gasteiger partial charge in [-0.15, -0.1) is 0 Å². The average molecular weight is 339 g/mol. The van der Waals surface area contributed by atoms with Gasteiger partial charge in [0.2, 0.25) is 6.10 Å². The highest BCUT2D eigenvalue weighted by atomic mass is 35.5. The van der Waals surface area contributed by atoms with E-state index in [1.807, 2.05) is 4.90 Å². The van der Waals surface area contributed by atoms with Crippen LogP contribution in [-0.4, -0.2) is 34.7 Å². The second kappa shape index (κ2) is 6.48. The Balaban J connectivity index is 1.75. The lowest BCUT2D eigenvalue weighted by atomic mass is 9.95. The largest absolute Gasteiger partial charge is 0.382 e. The summed E-state index contributed by atoms with van der Waals surface area (Å²) in [6, 6.07) is 4.85. The molecule has 1 saturated heterocycles. The summed E-state index contributed by atoms with van der Waals surface area (Å²) in [4.78, 5) is 20.0. The molecule has 0 spiro atoms. The van der Waals surface area contributed by atoms with Crippen LogP contribution in [0.5, 0.6) is 0 Å². The van der Waals surface area contributed by atoms with Crippen molar-refractivity contribution in [2.24, 2.45) is 5.16 Å². The smallest absolute Gasteiger partial charge is 0.267 e. The molecule has 1 amide bonds. The molecule has 2 aliphatic rings. The number of oxime groups is 1. The van der Waals surface area contributed by atoms with E-state index in [-0.39, 0.29) is 35.0 Å². The van der Waals surface area contributed by atoms with E-state index in [1.54, 1.807) is 6.07 Å². The number of carbonyl (C=O) groups is 1. The van der Waals surface area contributed by atoms with Crippen LogP contribution >= 0.6 is 11.6 Å². The lowest BCUT2D eigenvalue weighted by Gasteiger charge is -2.39. The Hall–Kier alpha value is -1.62. The van der Waals surface area contributed by atoms with Crippen molar-refractivity contribution in [3.63, 3.8) is 0 Å². The summed E-state index contributed by atoms with van der Waals surface area (Å²) >= 11 is 6.06. The van der Waals surface area contributed by atoms with E-state index in [2.05, 4.69) is 19.0 Å². The second-order valence-corrected chi connectivity index (χ2v) is 6.71. The number of halogens is 2. The fraction of sp³-hybridized carbons (Fsp3) is 0.529. The van der Waals surface area contributed by atoms with E-state index in [1.165, 1.54) is 12.1 Å². The van der Waals surface area contributed by atoms with Gasteiger partial charge in [-0.1, -0.05) is 22.8 Å². The van der Waals surface area contributed by atoms with Crippen molar-refractivity contribution in [1.29, 1.82) is 0 Å². The third-order valence-corrected chi connectivity index (χ3v) is 4.96. The van der Waals surface area contributed by atoms with Gasteiger partial charge >= 0.3 is 0 Å². The number of benzene rings is 1. The molecule has 1 fully saturated rings. The predicted octanol–water partition coefficient (Wildman–Crippen LogP) is 3.76. The minimum absolute atomic E-state index is 0.0732. The fourth-order valence-corrected chi connectivity index (χ4v) is 3.73. The van der Waals surface area contributed by atoms with Crippen LogP contribution < -0.4 is 0 Å². The summed E-state index contributed by atoms with van der Waals surface area (Å²) in [5.41, 5.74) is 0.618. The zero-order chi connectivity index (χ0) is 16.6. The number of amides is 1. The second-order valence-electron chi connectivity index (χ2n) is 6.31. The van der Waals surface area contributed by atoms with Crippen LogP contribution in [0, 0.1) is 5.82 Å². The molecule has 23 heavy (non-hydrogen) atoms. The van der Waals surface area contributed by atoms with Crippen LogP contribution in [0.3, 0.4) is 0 Å². The molecule has 2 heterocycles. The van der Waals surface area contributed by atoms with Crippen LogP contribution in [0.1, 0.15) is 45.1 Å². The van der Waals surface area contributed by atoms with Gasteiger partial charge in [0.25, 0.3) is 5.91 Å². The summed E-state index contributed by atoms with van der Waals surface area (Å²) in [5, 5.41) is 4.20. The van der Waals surface area contributed by atoms with Crippen molar-refractivity contribution in [2.75, 3.05) is 0 Å². The lowest BCUT2D eigenvalue weighted by molar-refractivity contribution is -0.148. The first-order valence-electron chi connectivity index (χ1n) is 7.98. The number of hydrogen-bond acceptors (Lipinski definition) is 3. The Morgan fingerprint density at radius 3 is 2.70 bits per heavy atom. The van der Waals surface area contributed by atoms with Gasteiger partial charge in [-0.3, -0.25) is 4.79 Å². The highest BCUT2D eigenvalue weighted by Crippen LogP contribution is 2.29. The van der Waals surface area contributed by atoms with Gasteiger partial charge < -0.3 is 9.74 Å². The van der Waals surface area contributed by atoms with Gasteiger partial charge in [-0.25, -0.2) is 4.39 Å². The summed E-state index contributed by atoms with van der Waals surface area (Å²) in [5.74, 6) is -0.524. The number of hydrogen-bond donors (Lipinski definition) is 0. The summed E-state index contributed by atoms with van der Waals surface area (Å²) in [7, 11) is 0. The molecule has 0 saturated carbocycles. The predicted molar refractivity (Wildman–Crippen MR) is 87.1 cm³/mol. The van der Waals surface area contributed by atoms with Gasteiger partial charge in [0.15, 0.2) is 0 Å². The van der Waals surface area contributed by atoms with E-state index >= 15 is 0 Å². The van der Waals surface area contributed by atoms with Crippen LogP contribution in [-0.2, 0) is 9.63 Å². The molecule has 0 radical (unpaired) electrons. The SMILES string of the molecule is C[C@@H]1CCC[C@H](C)N1C(=O)[C@H]1CC(c2c(F)cccc2Cl)=NO1. The maximum Gasteiger partial charge on any atom is 0.267 e. The van der Waals surface area contributed by atoms with Crippen molar-refractivity contribution in [3.05, 3.63) is 34.6 Å². The minimum Gasteiger partial charge on any atom is -0.382 e. The molecule has 6 heteroatoms. The lowest BCUT2D eigenvalue weighted by Crippen LogP contribution is -2.51. The van der Waals surface area contributed by atoms with Gasteiger partial charge in [-0.2, -0.15) is 0 Å². The van der Waals surface area contributed by atoms with E-state index in [0.717, 1.165) is 19.3 Å². The summed E-state index contributed by atoms with van der Waals surface area (Å²) in [6.45, 7) is 4.11. The molecule has 1 aromatic rings. The Morgan fingerprint density at radius 1 is 1.35 bits per heavy atom. The molecule has 4 nitrogen and oxygen atoms in total. The topological polar surface area (TPSA) is 41.9 Å². The summed E-state index contributed by atoms with van der Waals surface area (Å²) < 4.78 is 14.0. The molecule has 124 valence electrons. The normalized spacial score (nSPS) is 27.6. The zero-order valence-electron chi connectivity index (χ0n) is 13.3. The fourth-order valence-electron chi connectivity index (χ4n) is 3.45. The molecule has 2 aliphatic heterocycles. The van der Waals surface area contributed by atoms with Gasteiger partial charge in [0, 0.05) is 18.5 Å². The number of piperidine rings is 1. The first-order chi connectivity index (χ1) is 11.0. The Kier molecular flexibility index (Phi) is 4.57. The van der Waals surface area contributed by atoms with Crippen molar-refractivity contribution in [3.8, 4) is 0 Å². The zero-order valence-corrected chi connectivity index (χ0v) is 14.0. The van der Waals surface area contributed by atoms with Gasteiger partial charge in [0.05, 0.1) is 16.3 Å². The Morgan fingerprint density at radius 2 is 2.04 bits per heavy atom. The van der Waals surface area contributed by atoms with E-state index in [4.69, 9.17) is 16.4 Å². The monoisotopic (exact) mass is 338 g/mol. The molecule has 1 aromatic carbocycles. The minimum atomic E-state index is -0.691. The molecule has 0 unspecified atom stereocenters. The number of likely N-dealkylation sites (tertiary alicyclic amines) is 1. The molecule has 0 aromatic heterocycles.